The molecule has 9 nitrogen and oxygen atoms in total. The van der Waals surface area contributed by atoms with Crippen LogP contribution >= 0.6 is 11.6 Å². The predicted molar refractivity (Wildman–Crippen MR) is 152 cm³/mol. The van der Waals surface area contributed by atoms with Crippen LogP contribution in [0.15, 0.2) is 30.5 Å². The lowest BCUT2D eigenvalue weighted by Crippen LogP contribution is -2.49. The highest BCUT2D eigenvalue weighted by molar-refractivity contribution is 6.32. The van der Waals surface area contributed by atoms with E-state index in [0.29, 0.717) is 22.8 Å². The number of hydrogen-bond donors (Lipinski definition) is 3. The van der Waals surface area contributed by atoms with Gasteiger partial charge < -0.3 is 25.4 Å². The lowest BCUT2D eigenvalue weighted by atomic mass is 9.89. The van der Waals surface area contributed by atoms with Crippen LogP contribution in [0.4, 0.5) is 17.5 Å². The molecule has 208 valence electrons. The molecule has 6 rings (SSSR count). The molecule has 1 aromatic carbocycles. The summed E-state index contributed by atoms with van der Waals surface area (Å²) >= 11 is 6.45. The molecule has 3 N–H and O–H groups in total. The van der Waals surface area contributed by atoms with Crippen LogP contribution in [0, 0.1) is 17.8 Å². The molecule has 1 aliphatic heterocycles. The summed E-state index contributed by atoms with van der Waals surface area (Å²) in [6.07, 6.45) is 10.8. The molecule has 0 radical (unpaired) electrons. The Bertz CT molecular complexity index is 1260. The number of aliphatic carboxylic acids is 1. The number of fused-ring (bicyclic) bond motifs is 3. The Kier molecular flexibility index (Phi) is 7.39. The number of nitrogens with zero attached hydrogens (tertiary/aromatic N) is 4. The third-order valence-electron chi connectivity index (χ3n) is 9.13. The Hall–Kier alpha value is -2.88. The predicted octanol–water partition coefficient (Wildman–Crippen LogP) is 4.06. The van der Waals surface area contributed by atoms with Gasteiger partial charge >= 0.3 is 5.97 Å². The molecule has 1 saturated carbocycles. The van der Waals surface area contributed by atoms with Crippen molar-refractivity contribution in [3.8, 4) is 5.75 Å². The number of carboxylic acids is 1. The average molecular weight is 553 g/mol. The molecular formula is C29H37ClN6O3. The first-order chi connectivity index (χ1) is 18.9. The Morgan fingerprint density at radius 2 is 1.90 bits per heavy atom. The summed E-state index contributed by atoms with van der Waals surface area (Å²) in [5, 5.41) is 16.8. The number of halogens is 1. The van der Waals surface area contributed by atoms with Crippen molar-refractivity contribution >= 4 is 35.0 Å². The number of aryl methyl sites for hydroxylation is 1. The van der Waals surface area contributed by atoms with Gasteiger partial charge in [-0.3, -0.25) is 9.69 Å². The number of benzene rings is 1. The van der Waals surface area contributed by atoms with Gasteiger partial charge in [-0.2, -0.15) is 4.98 Å². The first kappa shape index (κ1) is 26.3. The molecule has 2 fully saturated rings. The Balaban J connectivity index is 1.19. The number of nitrogens with one attached hydrogen (secondary N) is 2. The van der Waals surface area contributed by atoms with Gasteiger partial charge in [0.2, 0.25) is 5.95 Å². The van der Waals surface area contributed by atoms with Gasteiger partial charge in [-0.05, 0) is 68.2 Å². The Morgan fingerprint density at radius 1 is 1.13 bits per heavy atom. The summed E-state index contributed by atoms with van der Waals surface area (Å²) < 4.78 is 5.95. The maximum Gasteiger partial charge on any atom is 0.309 e. The van der Waals surface area contributed by atoms with E-state index in [2.05, 4.69) is 49.6 Å². The number of carbonyl (C=O) groups is 1. The molecule has 2 heterocycles. The van der Waals surface area contributed by atoms with Gasteiger partial charge in [-0.15, -0.1) is 0 Å². The molecular weight excluding hydrogens is 516 g/mol. The number of methoxy groups -OCH3 is 1. The number of ether oxygens (including phenoxy) is 1. The SMILES string of the molecule is COc1c(Nc2ncc(Cl)c(N[C@H]3[C@@H](C(=O)O)[C@@H]4C=C[C@H]3C4)n2)ccc2c1CCC(N1CCN(C)CC1)CC2. The number of aromatic nitrogens is 2. The van der Waals surface area contributed by atoms with Crippen molar-refractivity contribution < 1.29 is 14.6 Å². The fraction of sp³-hybridized carbons (Fsp3) is 0.552. The van der Waals surface area contributed by atoms with Crippen molar-refractivity contribution in [2.75, 3.05) is 51.0 Å². The molecule has 3 aliphatic carbocycles. The number of rotatable bonds is 7. The molecule has 0 spiro atoms. The van der Waals surface area contributed by atoms with Gasteiger partial charge in [-0.1, -0.05) is 29.8 Å². The number of likely N-dealkylation sites (N-methyl/N-ethyl adjacent to an activating group) is 1. The summed E-state index contributed by atoms with van der Waals surface area (Å²) in [5.74, 6) is 0.563. The number of piperazine rings is 1. The molecule has 4 aliphatic rings. The first-order valence-corrected chi connectivity index (χ1v) is 14.4. The molecule has 1 saturated heterocycles. The van der Waals surface area contributed by atoms with Crippen LogP contribution in [-0.4, -0.2) is 83.3 Å². The van der Waals surface area contributed by atoms with Crippen molar-refractivity contribution in [3.05, 3.63) is 46.6 Å². The Labute approximate surface area is 234 Å². The standard InChI is InChI=1S/C29H37ClN6O3/c1-35-11-13-36(14-12-35)20-7-5-17-6-10-23(26(39-2)21(17)9-8-20)32-29-31-16-22(30)27(34-29)33-25-19-4-3-18(15-19)24(25)28(37)38/h3-4,6,10,16,18-20,24-25H,5,7-9,11-15H2,1-2H3,(H,37,38)(H2,31,32,33,34)/t18-,19+,20?,24+,25-/m1/s1. The second kappa shape index (κ2) is 10.9. The minimum Gasteiger partial charge on any atom is -0.494 e. The third kappa shape index (κ3) is 5.19. The van der Waals surface area contributed by atoms with E-state index in [9.17, 15) is 9.90 Å². The smallest absolute Gasteiger partial charge is 0.309 e. The normalized spacial score (nSPS) is 28.6. The molecule has 5 atom stereocenters. The fourth-order valence-electron chi connectivity index (χ4n) is 7.00. The van der Waals surface area contributed by atoms with Crippen LogP contribution in [0.5, 0.6) is 5.75 Å². The highest BCUT2D eigenvalue weighted by atomic mass is 35.5. The van der Waals surface area contributed by atoms with Gasteiger partial charge in [0.1, 0.15) is 10.8 Å². The van der Waals surface area contributed by atoms with E-state index in [4.69, 9.17) is 16.3 Å². The van der Waals surface area contributed by atoms with E-state index in [0.717, 1.165) is 69.7 Å². The van der Waals surface area contributed by atoms with Crippen molar-refractivity contribution in [2.24, 2.45) is 17.8 Å². The number of carboxylic acid groups (broad SMARTS) is 1. The van der Waals surface area contributed by atoms with E-state index in [1.165, 1.54) is 11.1 Å². The monoisotopic (exact) mass is 552 g/mol. The van der Waals surface area contributed by atoms with E-state index in [1.807, 2.05) is 12.1 Å². The molecule has 1 aromatic heterocycles. The lowest BCUT2D eigenvalue weighted by molar-refractivity contribution is -0.142. The number of anilines is 3. The second-order valence-corrected chi connectivity index (χ2v) is 11.8. The first-order valence-electron chi connectivity index (χ1n) is 14.0. The number of hydrogen-bond acceptors (Lipinski definition) is 8. The lowest BCUT2D eigenvalue weighted by Gasteiger charge is -2.37. The maximum atomic E-state index is 12.0. The van der Waals surface area contributed by atoms with E-state index < -0.39 is 11.9 Å². The molecule has 2 bridgehead atoms. The van der Waals surface area contributed by atoms with E-state index in [-0.39, 0.29) is 17.9 Å². The minimum absolute atomic E-state index is 0.0443. The third-order valence-corrected chi connectivity index (χ3v) is 9.41. The van der Waals surface area contributed by atoms with Gasteiger partial charge in [0, 0.05) is 38.3 Å². The molecule has 0 amide bonds. The van der Waals surface area contributed by atoms with Crippen LogP contribution in [-0.2, 0) is 17.6 Å². The highest BCUT2D eigenvalue weighted by Gasteiger charge is 2.48. The van der Waals surface area contributed by atoms with Crippen molar-refractivity contribution in [2.45, 2.75) is 44.2 Å². The fourth-order valence-corrected chi connectivity index (χ4v) is 7.15. The van der Waals surface area contributed by atoms with E-state index in [1.54, 1.807) is 13.3 Å². The topological polar surface area (TPSA) is 103 Å². The van der Waals surface area contributed by atoms with Crippen LogP contribution in [0.2, 0.25) is 5.02 Å². The molecule has 10 heteroatoms. The van der Waals surface area contributed by atoms with Crippen LogP contribution in [0.25, 0.3) is 0 Å². The zero-order valence-corrected chi connectivity index (χ0v) is 23.3. The van der Waals surface area contributed by atoms with E-state index >= 15 is 0 Å². The summed E-state index contributed by atoms with van der Waals surface area (Å²) in [6, 6.07) is 4.57. The van der Waals surface area contributed by atoms with Gasteiger partial charge in [0.15, 0.2) is 5.82 Å². The van der Waals surface area contributed by atoms with Gasteiger partial charge in [0.05, 0.1) is 24.9 Å². The van der Waals surface area contributed by atoms with Crippen LogP contribution < -0.4 is 15.4 Å². The zero-order chi connectivity index (χ0) is 27.1. The Morgan fingerprint density at radius 3 is 2.67 bits per heavy atom. The second-order valence-electron chi connectivity index (χ2n) is 11.4. The summed E-state index contributed by atoms with van der Waals surface area (Å²) in [6.45, 7) is 4.54. The summed E-state index contributed by atoms with van der Waals surface area (Å²) in [7, 11) is 3.92. The molecule has 1 unspecified atom stereocenters. The maximum absolute atomic E-state index is 12.0. The molecule has 39 heavy (non-hydrogen) atoms. The van der Waals surface area contributed by atoms with Crippen LogP contribution in [0.3, 0.4) is 0 Å². The van der Waals surface area contributed by atoms with Crippen molar-refractivity contribution in [3.63, 3.8) is 0 Å². The summed E-state index contributed by atoms with van der Waals surface area (Å²) in [5.41, 5.74) is 3.41. The summed E-state index contributed by atoms with van der Waals surface area (Å²) in [4.78, 5) is 26.1. The molecule has 2 aromatic rings. The van der Waals surface area contributed by atoms with Crippen molar-refractivity contribution in [1.82, 2.24) is 19.8 Å². The quantitative estimate of drug-likeness (QED) is 0.346. The van der Waals surface area contributed by atoms with Gasteiger partial charge in [0.25, 0.3) is 0 Å². The average Bonchev–Trinajstić information content (AvgIpc) is 3.47. The van der Waals surface area contributed by atoms with Crippen molar-refractivity contribution in [1.29, 1.82) is 0 Å². The highest BCUT2D eigenvalue weighted by Crippen LogP contribution is 2.45. The minimum atomic E-state index is -0.794. The van der Waals surface area contributed by atoms with Gasteiger partial charge in [-0.25, -0.2) is 4.98 Å². The van der Waals surface area contributed by atoms with Crippen LogP contribution in [0.1, 0.15) is 30.4 Å². The number of allylic oxidation sites excluding steroid dienone is 1. The zero-order valence-electron chi connectivity index (χ0n) is 22.6. The largest absolute Gasteiger partial charge is 0.494 e.